The summed E-state index contributed by atoms with van der Waals surface area (Å²) in [6.45, 7) is 0.0653. The molecule has 1 aromatic carbocycles. The number of benzene rings is 1. The number of urea groups is 1. The van der Waals surface area contributed by atoms with Gasteiger partial charge in [0.25, 0.3) is 10.0 Å². The highest BCUT2D eigenvalue weighted by Crippen LogP contribution is 2.14. The van der Waals surface area contributed by atoms with E-state index in [2.05, 4.69) is 0 Å². The van der Waals surface area contributed by atoms with E-state index < -0.39 is 16.1 Å². The van der Waals surface area contributed by atoms with Gasteiger partial charge in [0.05, 0.1) is 4.90 Å². The molecule has 0 spiro atoms. The second-order valence-electron chi connectivity index (χ2n) is 2.78. The average Bonchev–Trinajstić information content (AvgIpc) is 2.16. The minimum Gasteiger partial charge on any atom is -0.351 e. The van der Waals surface area contributed by atoms with E-state index in [1.807, 2.05) is 0 Å². The van der Waals surface area contributed by atoms with Gasteiger partial charge in [0, 0.05) is 6.54 Å². The number of sulfonamides is 1. The molecule has 0 aromatic heterocycles. The third-order valence-corrected chi connectivity index (χ3v) is 3.16. The third kappa shape index (κ3) is 2.67. The van der Waals surface area contributed by atoms with Crippen molar-refractivity contribution < 1.29 is 13.2 Å². The summed E-state index contributed by atoms with van der Waals surface area (Å²) in [7, 11) is -3.91. The highest BCUT2D eigenvalue weighted by atomic mass is 32.2. The Balaban J connectivity index is 3.20. The van der Waals surface area contributed by atoms with Gasteiger partial charge in [-0.3, -0.25) is 0 Å². The molecular weight excluding hydrogens is 218 g/mol. The molecule has 1 aromatic rings. The lowest BCUT2D eigenvalue weighted by Gasteiger charge is -2.08. The Morgan fingerprint density at radius 1 is 1.33 bits per heavy atom. The van der Waals surface area contributed by atoms with Gasteiger partial charge < -0.3 is 11.5 Å². The van der Waals surface area contributed by atoms with Crippen molar-refractivity contribution >= 4 is 16.1 Å². The molecule has 1 rings (SSSR count). The molecule has 7 heteroatoms. The Hall–Kier alpha value is -1.60. The van der Waals surface area contributed by atoms with Crippen LogP contribution in [-0.4, -0.2) is 14.4 Å². The molecule has 0 heterocycles. The van der Waals surface area contributed by atoms with Gasteiger partial charge in [-0.15, -0.1) is 0 Å². The number of rotatable bonds is 3. The molecule has 0 aliphatic heterocycles. The molecule has 0 bridgehead atoms. The van der Waals surface area contributed by atoms with Gasteiger partial charge in [0.1, 0.15) is 0 Å². The Kier molecular flexibility index (Phi) is 3.28. The van der Waals surface area contributed by atoms with Crippen molar-refractivity contribution in [1.82, 2.24) is 4.72 Å². The first kappa shape index (κ1) is 11.5. The Bertz CT molecular complexity index is 470. The van der Waals surface area contributed by atoms with E-state index in [0.717, 1.165) is 0 Å². The summed E-state index contributed by atoms with van der Waals surface area (Å²) >= 11 is 0. The molecule has 0 saturated heterocycles. The smallest absolute Gasteiger partial charge is 0.326 e. The van der Waals surface area contributed by atoms with E-state index in [0.29, 0.717) is 5.56 Å². The number of hydrogen-bond acceptors (Lipinski definition) is 4. The second-order valence-corrected chi connectivity index (χ2v) is 4.43. The average molecular weight is 229 g/mol. The van der Waals surface area contributed by atoms with Gasteiger partial charge in [-0.25, -0.2) is 17.9 Å². The topological polar surface area (TPSA) is 115 Å². The molecular formula is C8H11N3O3S. The number of nitrogens with one attached hydrogen (secondary N) is 1. The molecule has 0 saturated carbocycles. The number of carbonyl (C=O) groups is 1. The minimum absolute atomic E-state index is 0.0358. The molecule has 82 valence electrons. The number of primary amides is 1. The lowest BCUT2D eigenvalue weighted by Crippen LogP contribution is -2.35. The lowest BCUT2D eigenvalue weighted by molar-refractivity contribution is 0.253. The lowest BCUT2D eigenvalue weighted by atomic mass is 10.2. The number of nitrogens with two attached hydrogens (primary N) is 2. The van der Waals surface area contributed by atoms with Crippen LogP contribution in [0.1, 0.15) is 5.56 Å². The number of carbonyl (C=O) groups excluding carboxylic acids is 1. The first-order valence-electron chi connectivity index (χ1n) is 4.07. The zero-order chi connectivity index (χ0) is 11.5. The van der Waals surface area contributed by atoms with E-state index in [-0.39, 0.29) is 11.4 Å². The fourth-order valence-corrected chi connectivity index (χ4v) is 2.25. The fraction of sp³-hybridized carbons (Fsp3) is 0.125. The normalized spacial score (nSPS) is 11.0. The van der Waals surface area contributed by atoms with Crippen LogP contribution in [0, 0.1) is 0 Å². The summed E-state index contributed by atoms with van der Waals surface area (Å²) in [6.07, 6.45) is 0. The van der Waals surface area contributed by atoms with Crippen molar-refractivity contribution in [3.63, 3.8) is 0 Å². The van der Waals surface area contributed by atoms with Crippen LogP contribution >= 0.6 is 0 Å². The predicted molar refractivity (Wildman–Crippen MR) is 54.2 cm³/mol. The second kappa shape index (κ2) is 4.28. The van der Waals surface area contributed by atoms with Crippen molar-refractivity contribution in [3.05, 3.63) is 29.8 Å². The highest BCUT2D eigenvalue weighted by Gasteiger charge is 2.18. The fourth-order valence-electron chi connectivity index (χ4n) is 1.12. The third-order valence-electron chi connectivity index (χ3n) is 1.72. The molecule has 0 fully saturated rings. The molecule has 5 N–H and O–H groups in total. The van der Waals surface area contributed by atoms with Crippen LogP contribution in [0.15, 0.2) is 29.2 Å². The quantitative estimate of drug-likeness (QED) is 0.648. The van der Waals surface area contributed by atoms with Crippen LogP contribution < -0.4 is 16.2 Å². The molecule has 15 heavy (non-hydrogen) atoms. The van der Waals surface area contributed by atoms with Crippen LogP contribution in [0.3, 0.4) is 0 Å². The highest BCUT2D eigenvalue weighted by molar-refractivity contribution is 7.90. The van der Waals surface area contributed by atoms with Crippen LogP contribution in [-0.2, 0) is 16.6 Å². The van der Waals surface area contributed by atoms with E-state index in [1.165, 1.54) is 12.1 Å². The van der Waals surface area contributed by atoms with E-state index in [9.17, 15) is 13.2 Å². The summed E-state index contributed by atoms with van der Waals surface area (Å²) < 4.78 is 24.8. The summed E-state index contributed by atoms with van der Waals surface area (Å²) in [5.41, 5.74) is 10.5. The molecule has 2 amide bonds. The molecule has 0 atom stereocenters. The summed E-state index contributed by atoms with van der Waals surface area (Å²) in [4.78, 5) is 10.5. The summed E-state index contributed by atoms with van der Waals surface area (Å²) in [5.74, 6) is 0. The molecule has 0 unspecified atom stereocenters. The van der Waals surface area contributed by atoms with Crippen molar-refractivity contribution in [3.8, 4) is 0 Å². The SMILES string of the molecule is NCc1ccccc1S(=O)(=O)NC(N)=O. The molecule has 0 aliphatic carbocycles. The maximum atomic E-state index is 11.6. The van der Waals surface area contributed by atoms with Crippen LogP contribution in [0.25, 0.3) is 0 Å². The molecule has 0 aliphatic rings. The van der Waals surface area contributed by atoms with Crippen LogP contribution in [0.4, 0.5) is 4.79 Å². The Labute approximate surface area is 87.3 Å². The van der Waals surface area contributed by atoms with Crippen molar-refractivity contribution in [2.75, 3.05) is 0 Å². The minimum atomic E-state index is -3.91. The van der Waals surface area contributed by atoms with Crippen LogP contribution in [0.2, 0.25) is 0 Å². The van der Waals surface area contributed by atoms with Crippen molar-refractivity contribution in [1.29, 1.82) is 0 Å². The van der Waals surface area contributed by atoms with Gasteiger partial charge in [0.2, 0.25) is 0 Å². The van der Waals surface area contributed by atoms with E-state index in [4.69, 9.17) is 11.5 Å². The van der Waals surface area contributed by atoms with Gasteiger partial charge in [0.15, 0.2) is 0 Å². The number of amides is 2. The van der Waals surface area contributed by atoms with Crippen LogP contribution in [0.5, 0.6) is 0 Å². The monoisotopic (exact) mass is 229 g/mol. The van der Waals surface area contributed by atoms with Gasteiger partial charge in [-0.1, -0.05) is 18.2 Å². The van der Waals surface area contributed by atoms with Gasteiger partial charge in [-0.05, 0) is 11.6 Å². The largest absolute Gasteiger partial charge is 0.351 e. The van der Waals surface area contributed by atoms with Crippen molar-refractivity contribution in [2.24, 2.45) is 11.5 Å². The standard InChI is InChI=1S/C8H11N3O3S/c9-5-6-3-1-2-4-7(6)15(13,14)11-8(10)12/h1-4H,5,9H2,(H3,10,11,12). The Morgan fingerprint density at radius 2 is 1.93 bits per heavy atom. The van der Waals surface area contributed by atoms with Crippen molar-refractivity contribution in [2.45, 2.75) is 11.4 Å². The first-order chi connectivity index (χ1) is 6.97. The predicted octanol–water partition coefficient (Wildman–Crippen LogP) is -0.498. The number of hydrogen-bond donors (Lipinski definition) is 3. The van der Waals surface area contributed by atoms with E-state index >= 15 is 0 Å². The molecule has 0 radical (unpaired) electrons. The summed E-state index contributed by atoms with van der Waals surface area (Å²) in [6, 6.07) is 4.99. The zero-order valence-corrected chi connectivity index (χ0v) is 8.62. The van der Waals surface area contributed by atoms with Gasteiger partial charge >= 0.3 is 6.03 Å². The Morgan fingerprint density at radius 3 is 2.47 bits per heavy atom. The summed E-state index contributed by atoms with van der Waals surface area (Å²) in [5, 5.41) is 0. The van der Waals surface area contributed by atoms with Gasteiger partial charge in [-0.2, -0.15) is 0 Å². The first-order valence-corrected chi connectivity index (χ1v) is 5.56. The maximum absolute atomic E-state index is 11.6. The molecule has 6 nitrogen and oxygen atoms in total. The zero-order valence-electron chi connectivity index (χ0n) is 7.80. The maximum Gasteiger partial charge on any atom is 0.326 e. The van der Waals surface area contributed by atoms with E-state index in [1.54, 1.807) is 16.9 Å².